The van der Waals surface area contributed by atoms with Crippen molar-refractivity contribution in [3.63, 3.8) is 0 Å². The van der Waals surface area contributed by atoms with Gasteiger partial charge in [0.2, 0.25) is 11.9 Å². The highest BCUT2D eigenvalue weighted by atomic mass is 16.4. The fourth-order valence-corrected chi connectivity index (χ4v) is 3.37. The minimum Gasteiger partial charge on any atom is -0.507 e. The Kier molecular flexibility index (Phi) is 6.16. The van der Waals surface area contributed by atoms with E-state index in [2.05, 4.69) is 32.4 Å². The van der Waals surface area contributed by atoms with E-state index in [1.54, 1.807) is 6.07 Å². The standard InChI is InChI=1S/C20H25N5O4/c1-3-4-13-10-18(25-8-7-15(11-25)21-12(2)26)24-20(22-13)23-14-5-6-17(27)16(9-14)19(28)29/h5-6,9-10,15,27H,3-4,7-8,11H2,1-2H3,(H,21,26)(H,28,29)(H,22,23,24). The van der Waals surface area contributed by atoms with Gasteiger partial charge in [0, 0.05) is 43.5 Å². The Morgan fingerprint density at radius 3 is 2.76 bits per heavy atom. The van der Waals surface area contributed by atoms with Gasteiger partial charge in [0.25, 0.3) is 0 Å². The van der Waals surface area contributed by atoms with Crippen molar-refractivity contribution in [1.29, 1.82) is 0 Å². The minimum atomic E-state index is -1.21. The molecule has 3 rings (SSSR count). The number of anilines is 3. The second kappa shape index (κ2) is 8.76. The fraction of sp³-hybridized carbons (Fsp3) is 0.400. The number of aromatic carboxylic acids is 1. The van der Waals surface area contributed by atoms with Crippen LogP contribution in [0.4, 0.5) is 17.5 Å². The second-order valence-electron chi connectivity index (χ2n) is 7.09. The lowest BCUT2D eigenvalue weighted by molar-refractivity contribution is -0.119. The average Bonchev–Trinajstić information content (AvgIpc) is 3.11. The SMILES string of the molecule is CCCc1cc(N2CCC(NC(C)=O)C2)nc(Nc2ccc(O)c(C(=O)O)c2)n1. The highest BCUT2D eigenvalue weighted by Gasteiger charge is 2.25. The maximum atomic E-state index is 11.3. The normalized spacial score (nSPS) is 15.9. The number of aromatic nitrogens is 2. The van der Waals surface area contributed by atoms with Crippen LogP contribution in [0.5, 0.6) is 5.75 Å². The van der Waals surface area contributed by atoms with Gasteiger partial charge in [-0.15, -0.1) is 0 Å². The number of amides is 1. The zero-order valence-corrected chi connectivity index (χ0v) is 16.5. The van der Waals surface area contributed by atoms with Crippen molar-refractivity contribution in [2.24, 2.45) is 0 Å². The molecule has 9 heteroatoms. The first-order valence-corrected chi connectivity index (χ1v) is 9.59. The van der Waals surface area contributed by atoms with Gasteiger partial charge >= 0.3 is 5.97 Å². The molecule has 1 saturated heterocycles. The molecule has 0 saturated carbocycles. The molecule has 0 spiro atoms. The number of aromatic hydroxyl groups is 1. The fourth-order valence-electron chi connectivity index (χ4n) is 3.37. The summed E-state index contributed by atoms with van der Waals surface area (Å²) in [5.74, 6) is -0.443. The van der Waals surface area contributed by atoms with Gasteiger partial charge in [-0.2, -0.15) is 4.98 Å². The molecule has 0 aliphatic carbocycles. The molecule has 29 heavy (non-hydrogen) atoms. The first-order chi connectivity index (χ1) is 13.9. The lowest BCUT2D eigenvalue weighted by atomic mass is 10.2. The summed E-state index contributed by atoms with van der Waals surface area (Å²) < 4.78 is 0. The smallest absolute Gasteiger partial charge is 0.339 e. The number of rotatable bonds is 7. The van der Waals surface area contributed by atoms with E-state index in [-0.39, 0.29) is 23.3 Å². The largest absolute Gasteiger partial charge is 0.507 e. The summed E-state index contributed by atoms with van der Waals surface area (Å²) in [6.07, 6.45) is 2.55. The average molecular weight is 399 g/mol. The first kappa shape index (κ1) is 20.4. The molecular formula is C20H25N5O4. The number of carbonyl (C=O) groups excluding carboxylic acids is 1. The Morgan fingerprint density at radius 2 is 2.07 bits per heavy atom. The van der Waals surface area contributed by atoms with Crippen LogP contribution in [0.25, 0.3) is 0 Å². The van der Waals surface area contributed by atoms with Crippen LogP contribution in [-0.2, 0) is 11.2 Å². The highest BCUT2D eigenvalue weighted by Crippen LogP contribution is 2.25. The quantitative estimate of drug-likeness (QED) is 0.522. The molecule has 1 aliphatic rings. The molecule has 1 aromatic carbocycles. The molecular weight excluding hydrogens is 374 g/mol. The van der Waals surface area contributed by atoms with E-state index in [4.69, 9.17) is 0 Å². The topological polar surface area (TPSA) is 128 Å². The van der Waals surface area contributed by atoms with Crippen LogP contribution in [0.1, 0.15) is 42.7 Å². The number of carbonyl (C=O) groups is 2. The highest BCUT2D eigenvalue weighted by molar-refractivity contribution is 5.92. The second-order valence-corrected chi connectivity index (χ2v) is 7.09. The third kappa shape index (κ3) is 5.13. The van der Waals surface area contributed by atoms with Crippen molar-refractivity contribution in [3.8, 4) is 5.75 Å². The van der Waals surface area contributed by atoms with Gasteiger partial charge in [-0.3, -0.25) is 4.79 Å². The van der Waals surface area contributed by atoms with Gasteiger partial charge < -0.3 is 25.7 Å². The van der Waals surface area contributed by atoms with E-state index in [1.165, 1.54) is 19.1 Å². The number of hydrogen-bond donors (Lipinski definition) is 4. The van der Waals surface area contributed by atoms with Gasteiger partial charge in [0.15, 0.2) is 0 Å². The molecule has 1 aliphatic heterocycles. The number of nitrogens with one attached hydrogen (secondary N) is 2. The number of carboxylic acid groups (broad SMARTS) is 1. The predicted molar refractivity (Wildman–Crippen MR) is 109 cm³/mol. The zero-order chi connectivity index (χ0) is 21.0. The summed E-state index contributed by atoms with van der Waals surface area (Å²) in [6, 6.07) is 6.27. The summed E-state index contributed by atoms with van der Waals surface area (Å²) in [6.45, 7) is 5.02. The van der Waals surface area contributed by atoms with Gasteiger partial charge in [0.05, 0.1) is 0 Å². The molecule has 1 unspecified atom stereocenters. The molecule has 1 fully saturated rings. The Labute approximate surface area is 168 Å². The molecule has 154 valence electrons. The molecule has 2 heterocycles. The predicted octanol–water partition coefficient (Wildman–Crippen LogP) is 2.29. The number of aryl methyl sites for hydroxylation is 1. The molecule has 0 bridgehead atoms. The van der Waals surface area contributed by atoms with Crippen molar-refractivity contribution in [2.45, 2.75) is 39.2 Å². The van der Waals surface area contributed by atoms with Crippen LogP contribution >= 0.6 is 0 Å². The number of nitrogens with zero attached hydrogens (tertiary/aromatic N) is 3. The van der Waals surface area contributed by atoms with E-state index in [0.29, 0.717) is 18.2 Å². The maximum Gasteiger partial charge on any atom is 0.339 e. The molecule has 1 amide bonds. The number of benzene rings is 1. The van der Waals surface area contributed by atoms with E-state index >= 15 is 0 Å². The number of hydrogen-bond acceptors (Lipinski definition) is 7. The molecule has 1 aromatic heterocycles. The van der Waals surface area contributed by atoms with Crippen LogP contribution in [0, 0.1) is 0 Å². The van der Waals surface area contributed by atoms with Gasteiger partial charge in [-0.1, -0.05) is 13.3 Å². The summed E-state index contributed by atoms with van der Waals surface area (Å²) in [5, 5.41) is 24.9. The third-order valence-electron chi connectivity index (χ3n) is 4.67. The third-order valence-corrected chi connectivity index (χ3v) is 4.67. The summed E-state index contributed by atoms with van der Waals surface area (Å²) in [4.78, 5) is 33.8. The Morgan fingerprint density at radius 1 is 1.28 bits per heavy atom. The van der Waals surface area contributed by atoms with Crippen molar-refractivity contribution >= 4 is 29.3 Å². The van der Waals surface area contributed by atoms with E-state index in [0.717, 1.165) is 37.3 Å². The van der Waals surface area contributed by atoms with Crippen molar-refractivity contribution < 1.29 is 19.8 Å². The van der Waals surface area contributed by atoms with E-state index < -0.39 is 5.97 Å². The van der Waals surface area contributed by atoms with Crippen molar-refractivity contribution in [1.82, 2.24) is 15.3 Å². The van der Waals surface area contributed by atoms with Crippen LogP contribution in [0.3, 0.4) is 0 Å². The molecule has 0 radical (unpaired) electrons. The van der Waals surface area contributed by atoms with Crippen LogP contribution < -0.4 is 15.5 Å². The summed E-state index contributed by atoms with van der Waals surface area (Å²) in [7, 11) is 0. The van der Waals surface area contributed by atoms with Crippen LogP contribution in [0.2, 0.25) is 0 Å². The van der Waals surface area contributed by atoms with Crippen LogP contribution in [0.15, 0.2) is 24.3 Å². The number of carboxylic acids is 1. The molecule has 2 aromatic rings. The molecule has 1 atom stereocenters. The van der Waals surface area contributed by atoms with Gasteiger partial charge in [0.1, 0.15) is 17.1 Å². The van der Waals surface area contributed by atoms with Gasteiger partial charge in [-0.25, -0.2) is 9.78 Å². The Hall–Kier alpha value is -3.36. The monoisotopic (exact) mass is 399 g/mol. The summed E-state index contributed by atoms with van der Waals surface area (Å²) in [5.41, 5.74) is 1.15. The van der Waals surface area contributed by atoms with E-state index in [1.807, 2.05) is 6.07 Å². The van der Waals surface area contributed by atoms with Crippen LogP contribution in [-0.4, -0.2) is 51.2 Å². The molecule has 4 N–H and O–H groups in total. The molecule has 9 nitrogen and oxygen atoms in total. The van der Waals surface area contributed by atoms with Gasteiger partial charge in [-0.05, 0) is 31.0 Å². The van der Waals surface area contributed by atoms with Crippen molar-refractivity contribution in [2.75, 3.05) is 23.3 Å². The van der Waals surface area contributed by atoms with Crippen molar-refractivity contribution in [3.05, 3.63) is 35.5 Å². The Bertz CT molecular complexity index is 918. The first-order valence-electron chi connectivity index (χ1n) is 9.59. The number of phenols is 1. The lowest BCUT2D eigenvalue weighted by Crippen LogP contribution is -2.35. The maximum absolute atomic E-state index is 11.3. The van der Waals surface area contributed by atoms with E-state index in [9.17, 15) is 19.8 Å². The minimum absolute atomic E-state index is 0.0462. The Balaban J connectivity index is 1.85. The zero-order valence-electron chi connectivity index (χ0n) is 16.5. The summed E-state index contributed by atoms with van der Waals surface area (Å²) >= 11 is 0. The lowest BCUT2D eigenvalue weighted by Gasteiger charge is -2.19.